The van der Waals surface area contributed by atoms with Crippen LogP contribution in [0.1, 0.15) is 18.5 Å². The van der Waals surface area contributed by atoms with Gasteiger partial charge in [-0.1, -0.05) is 18.2 Å². The van der Waals surface area contributed by atoms with Crippen molar-refractivity contribution in [2.24, 2.45) is 5.73 Å². The molecule has 0 bridgehead atoms. The van der Waals surface area contributed by atoms with E-state index in [0.29, 0.717) is 5.56 Å². The highest BCUT2D eigenvalue weighted by molar-refractivity contribution is 5.82. The molecule has 0 fully saturated rings. The SMILES string of the molecule is COCC(N)C(=O)N[C@H](C)c1ccccc1F. The Balaban J connectivity index is 2.63. The molecule has 0 aliphatic carbocycles. The first-order valence-corrected chi connectivity index (χ1v) is 5.35. The normalized spacial score (nSPS) is 14.1. The highest BCUT2D eigenvalue weighted by Crippen LogP contribution is 2.15. The van der Waals surface area contributed by atoms with E-state index < -0.39 is 12.1 Å². The van der Waals surface area contributed by atoms with Gasteiger partial charge in [0.1, 0.15) is 11.9 Å². The molecule has 2 atom stereocenters. The van der Waals surface area contributed by atoms with E-state index in [-0.39, 0.29) is 18.3 Å². The Labute approximate surface area is 100.0 Å². The Morgan fingerprint density at radius 1 is 1.53 bits per heavy atom. The zero-order valence-corrected chi connectivity index (χ0v) is 9.94. The van der Waals surface area contributed by atoms with E-state index in [2.05, 4.69) is 5.32 Å². The molecule has 1 aromatic carbocycles. The van der Waals surface area contributed by atoms with Gasteiger partial charge in [0.05, 0.1) is 12.6 Å². The summed E-state index contributed by atoms with van der Waals surface area (Å²) in [6.07, 6.45) is 0. The van der Waals surface area contributed by atoms with E-state index in [1.807, 2.05) is 0 Å². The van der Waals surface area contributed by atoms with Crippen molar-refractivity contribution in [2.45, 2.75) is 19.0 Å². The Morgan fingerprint density at radius 2 is 2.18 bits per heavy atom. The number of nitrogens with two attached hydrogens (primary N) is 1. The van der Waals surface area contributed by atoms with Crippen LogP contribution in [0.5, 0.6) is 0 Å². The lowest BCUT2D eigenvalue weighted by Gasteiger charge is -2.17. The van der Waals surface area contributed by atoms with Crippen LogP contribution in [-0.4, -0.2) is 25.7 Å². The van der Waals surface area contributed by atoms with Crippen LogP contribution in [0.15, 0.2) is 24.3 Å². The van der Waals surface area contributed by atoms with E-state index in [9.17, 15) is 9.18 Å². The van der Waals surface area contributed by atoms with Gasteiger partial charge in [-0.05, 0) is 13.0 Å². The molecule has 0 aliphatic rings. The molecule has 1 amide bonds. The third-order valence-corrected chi connectivity index (χ3v) is 2.41. The molecule has 94 valence electrons. The molecule has 1 unspecified atom stereocenters. The van der Waals surface area contributed by atoms with Gasteiger partial charge in [0.15, 0.2) is 0 Å². The minimum absolute atomic E-state index is 0.135. The van der Waals surface area contributed by atoms with Crippen LogP contribution in [0.3, 0.4) is 0 Å². The summed E-state index contributed by atoms with van der Waals surface area (Å²) in [5.41, 5.74) is 6.00. The Bertz CT molecular complexity index is 385. The van der Waals surface area contributed by atoms with Crippen LogP contribution in [-0.2, 0) is 9.53 Å². The average Bonchev–Trinajstić information content (AvgIpc) is 2.29. The first-order chi connectivity index (χ1) is 8.06. The van der Waals surface area contributed by atoms with Crippen LogP contribution in [0, 0.1) is 5.82 Å². The lowest BCUT2D eigenvalue weighted by atomic mass is 10.1. The molecule has 17 heavy (non-hydrogen) atoms. The van der Waals surface area contributed by atoms with Crippen molar-refractivity contribution < 1.29 is 13.9 Å². The first-order valence-electron chi connectivity index (χ1n) is 5.35. The second kappa shape index (κ2) is 6.32. The molecule has 1 rings (SSSR count). The molecule has 0 saturated heterocycles. The maximum atomic E-state index is 13.4. The predicted molar refractivity (Wildman–Crippen MR) is 62.8 cm³/mol. The third-order valence-electron chi connectivity index (χ3n) is 2.41. The second-order valence-electron chi connectivity index (χ2n) is 3.81. The van der Waals surface area contributed by atoms with Gasteiger partial charge in [-0.25, -0.2) is 4.39 Å². The fraction of sp³-hybridized carbons (Fsp3) is 0.417. The van der Waals surface area contributed by atoms with Gasteiger partial charge in [0.25, 0.3) is 0 Å². The summed E-state index contributed by atoms with van der Waals surface area (Å²) < 4.78 is 18.2. The zero-order valence-electron chi connectivity index (χ0n) is 9.94. The molecule has 0 aromatic heterocycles. The fourth-order valence-electron chi connectivity index (χ4n) is 1.48. The molecule has 5 heteroatoms. The minimum Gasteiger partial charge on any atom is -0.383 e. The predicted octanol–water partition coefficient (Wildman–Crippen LogP) is 0.977. The maximum absolute atomic E-state index is 13.4. The number of methoxy groups -OCH3 is 1. The summed E-state index contributed by atoms with van der Waals surface area (Å²) in [4.78, 5) is 11.6. The lowest BCUT2D eigenvalue weighted by Crippen LogP contribution is -2.44. The molecule has 0 radical (unpaired) electrons. The quantitative estimate of drug-likeness (QED) is 0.806. The molecule has 0 spiro atoms. The molecular formula is C12H17FN2O2. The first kappa shape index (κ1) is 13.6. The highest BCUT2D eigenvalue weighted by Gasteiger charge is 2.17. The number of halogens is 1. The van der Waals surface area contributed by atoms with Gasteiger partial charge in [-0.2, -0.15) is 0 Å². The number of carbonyl (C=O) groups excluding carboxylic acids is 1. The number of nitrogens with one attached hydrogen (secondary N) is 1. The van der Waals surface area contributed by atoms with Crippen LogP contribution >= 0.6 is 0 Å². The van der Waals surface area contributed by atoms with Crippen molar-refractivity contribution in [3.05, 3.63) is 35.6 Å². The van der Waals surface area contributed by atoms with Gasteiger partial charge in [0, 0.05) is 12.7 Å². The van der Waals surface area contributed by atoms with Crippen molar-refractivity contribution in [3.8, 4) is 0 Å². The smallest absolute Gasteiger partial charge is 0.239 e. The summed E-state index contributed by atoms with van der Waals surface area (Å²) in [6.45, 7) is 1.84. The number of amides is 1. The topological polar surface area (TPSA) is 64.3 Å². The van der Waals surface area contributed by atoms with E-state index in [1.165, 1.54) is 13.2 Å². The summed E-state index contributed by atoms with van der Waals surface area (Å²) in [5, 5.41) is 2.64. The molecule has 4 nitrogen and oxygen atoms in total. The summed E-state index contributed by atoms with van der Waals surface area (Å²) in [7, 11) is 1.47. The van der Waals surface area contributed by atoms with Crippen molar-refractivity contribution >= 4 is 5.91 Å². The number of benzene rings is 1. The van der Waals surface area contributed by atoms with Crippen LogP contribution < -0.4 is 11.1 Å². The van der Waals surface area contributed by atoms with Crippen LogP contribution in [0.25, 0.3) is 0 Å². The maximum Gasteiger partial charge on any atom is 0.239 e. The molecular weight excluding hydrogens is 223 g/mol. The van der Waals surface area contributed by atoms with Crippen molar-refractivity contribution in [2.75, 3.05) is 13.7 Å². The van der Waals surface area contributed by atoms with Crippen LogP contribution in [0.4, 0.5) is 4.39 Å². The van der Waals surface area contributed by atoms with Crippen molar-refractivity contribution in [1.29, 1.82) is 0 Å². The number of rotatable bonds is 5. The molecule has 3 N–H and O–H groups in total. The standard InChI is InChI=1S/C12H17FN2O2/c1-8(9-5-3-4-6-10(9)13)15-12(16)11(14)7-17-2/h3-6,8,11H,7,14H2,1-2H3,(H,15,16)/t8-,11?/m1/s1. The lowest BCUT2D eigenvalue weighted by molar-refractivity contribution is -0.124. The monoisotopic (exact) mass is 240 g/mol. The fourth-order valence-corrected chi connectivity index (χ4v) is 1.48. The summed E-state index contributed by atoms with van der Waals surface area (Å²) >= 11 is 0. The van der Waals surface area contributed by atoms with E-state index in [1.54, 1.807) is 25.1 Å². The minimum atomic E-state index is -0.741. The van der Waals surface area contributed by atoms with Gasteiger partial charge < -0.3 is 15.8 Å². The number of carbonyl (C=O) groups is 1. The third kappa shape index (κ3) is 3.80. The Kier molecular flexibility index (Phi) is 5.06. The summed E-state index contributed by atoms with van der Waals surface area (Å²) in [5.74, 6) is -0.705. The van der Waals surface area contributed by atoms with E-state index in [0.717, 1.165) is 0 Å². The Hall–Kier alpha value is -1.46. The summed E-state index contributed by atoms with van der Waals surface area (Å²) in [6, 6.07) is 5.14. The molecule has 1 aromatic rings. The van der Waals surface area contributed by atoms with E-state index >= 15 is 0 Å². The number of hydrogen-bond acceptors (Lipinski definition) is 3. The van der Waals surface area contributed by atoms with Crippen molar-refractivity contribution in [3.63, 3.8) is 0 Å². The largest absolute Gasteiger partial charge is 0.383 e. The van der Waals surface area contributed by atoms with Gasteiger partial charge in [-0.15, -0.1) is 0 Å². The van der Waals surface area contributed by atoms with E-state index in [4.69, 9.17) is 10.5 Å². The second-order valence-corrected chi connectivity index (χ2v) is 3.81. The molecule has 0 aliphatic heterocycles. The zero-order chi connectivity index (χ0) is 12.8. The van der Waals surface area contributed by atoms with Gasteiger partial charge in [-0.3, -0.25) is 4.79 Å². The van der Waals surface area contributed by atoms with Crippen LogP contribution in [0.2, 0.25) is 0 Å². The van der Waals surface area contributed by atoms with Gasteiger partial charge >= 0.3 is 0 Å². The van der Waals surface area contributed by atoms with Gasteiger partial charge in [0.2, 0.25) is 5.91 Å². The number of hydrogen-bond donors (Lipinski definition) is 2. The highest BCUT2D eigenvalue weighted by atomic mass is 19.1. The molecule has 0 saturated carbocycles. The average molecular weight is 240 g/mol. The molecule has 0 heterocycles. The number of ether oxygens (including phenoxy) is 1. The van der Waals surface area contributed by atoms with Crippen molar-refractivity contribution in [1.82, 2.24) is 5.32 Å². The Morgan fingerprint density at radius 3 is 2.76 bits per heavy atom.